The van der Waals surface area contributed by atoms with Crippen molar-refractivity contribution in [2.45, 2.75) is 38.5 Å². The van der Waals surface area contributed by atoms with Crippen molar-refractivity contribution in [2.75, 3.05) is 4.90 Å². The molecule has 0 bridgehead atoms. The maximum Gasteiger partial charge on any atom is 0.0543 e. The lowest BCUT2D eigenvalue weighted by Crippen LogP contribution is -2.16. The molecule has 1 aromatic heterocycles. The summed E-state index contributed by atoms with van der Waals surface area (Å²) in [6, 6.07) is 65.7. The molecule has 8 aromatic carbocycles. The van der Waals surface area contributed by atoms with Gasteiger partial charge in [0.15, 0.2) is 0 Å². The number of thiophene rings is 1. The molecule has 0 unspecified atom stereocenters. The van der Waals surface area contributed by atoms with Crippen LogP contribution >= 0.6 is 11.3 Å². The zero-order chi connectivity index (χ0) is 37.8. The highest BCUT2D eigenvalue weighted by Crippen LogP contribution is 2.55. The van der Waals surface area contributed by atoms with Crippen molar-refractivity contribution in [3.63, 3.8) is 0 Å². The van der Waals surface area contributed by atoms with E-state index in [1.165, 1.54) is 92.6 Å². The van der Waals surface area contributed by atoms with Gasteiger partial charge in [0.25, 0.3) is 0 Å². The summed E-state index contributed by atoms with van der Waals surface area (Å²) in [5, 5.41) is 2.66. The molecule has 0 aliphatic heterocycles. The molecule has 1 nitrogen and oxygen atoms in total. The number of rotatable bonds is 5. The Labute approximate surface area is 333 Å². The summed E-state index contributed by atoms with van der Waals surface area (Å²) in [6.07, 6.45) is 0. The Balaban J connectivity index is 1.11. The van der Waals surface area contributed by atoms with Crippen molar-refractivity contribution < 1.29 is 0 Å². The molecule has 1 heterocycles. The fraction of sp³-hybridized carbons (Fsp3) is 0.111. The molecule has 2 aliphatic rings. The fourth-order valence-electron chi connectivity index (χ4n) is 10.1. The maximum atomic E-state index is 2.49. The molecular weight excluding hydrogens is 695 g/mol. The van der Waals surface area contributed by atoms with Crippen LogP contribution in [0.4, 0.5) is 17.1 Å². The summed E-state index contributed by atoms with van der Waals surface area (Å²) in [5.74, 6) is 0. The summed E-state index contributed by atoms with van der Waals surface area (Å²) in [5.41, 5.74) is 19.1. The van der Waals surface area contributed by atoms with Gasteiger partial charge in [-0.3, -0.25) is 0 Å². The number of hydrogen-bond donors (Lipinski definition) is 0. The Bertz CT molecular complexity index is 3030. The molecule has 0 spiro atoms. The zero-order valence-electron chi connectivity index (χ0n) is 32.1. The molecule has 2 heteroatoms. The van der Waals surface area contributed by atoms with E-state index in [1.807, 2.05) is 11.3 Å². The minimum Gasteiger partial charge on any atom is -0.310 e. The lowest BCUT2D eigenvalue weighted by molar-refractivity contribution is 0.660. The second-order valence-corrected chi connectivity index (χ2v) is 17.6. The third kappa shape index (κ3) is 4.72. The number of benzene rings is 8. The number of hydrogen-bond acceptors (Lipinski definition) is 2. The minimum absolute atomic E-state index is 0.105. The van der Waals surface area contributed by atoms with E-state index in [0.29, 0.717) is 0 Å². The van der Waals surface area contributed by atoms with Crippen LogP contribution in [0.15, 0.2) is 176 Å². The average Bonchev–Trinajstić information content (AvgIpc) is 3.82. The van der Waals surface area contributed by atoms with Crippen molar-refractivity contribution in [2.24, 2.45) is 0 Å². The van der Waals surface area contributed by atoms with Gasteiger partial charge in [0.1, 0.15) is 0 Å². The van der Waals surface area contributed by atoms with Gasteiger partial charge in [0, 0.05) is 47.9 Å². The Morgan fingerprint density at radius 2 is 1.02 bits per heavy atom. The van der Waals surface area contributed by atoms with Crippen LogP contribution in [0.2, 0.25) is 0 Å². The number of fused-ring (bicyclic) bond motifs is 9. The summed E-state index contributed by atoms with van der Waals surface area (Å²) in [6.45, 7) is 9.49. The van der Waals surface area contributed by atoms with Gasteiger partial charge in [-0.05, 0) is 104 Å². The lowest BCUT2D eigenvalue weighted by Gasteiger charge is -2.30. The van der Waals surface area contributed by atoms with E-state index in [9.17, 15) is 0 Å². The normalized spacial score (nSPS) is 14.4. The molecule has 0 saturated heterocycles. The summed E-state index contributed by atoms with van der Waals surface area (Å²) in [7, 11) is 0. The molecule has 0 amide bonds. The summed E-state index contributed by atoms with van der Waals surface area (Å²) in [4.78, 5) is 2.49. The molecule has 9 aromatic rings. The van der Waals surface area contributed by atoms with Gasteiger partial charge in [-0.25, -0.2) is 0 Å². The zero-order valence-corrected chi connectivity index (χ0v) is 32.9. The van der Waals surface area contributed by atoms with E-state index in [0.717, 1.165) is 11.4 Å². The average molecular weight is 736 g/mol. The topological polar surface area (TPSA) is 3.24 Å². The highest BCUT2D eigenvalue weighted by molar-refractivity contribution is 7.25. The minimum atomic E-state index is -0.111. The van der Waals surface area contributed by atoms with Gasteiger partial charge in [0.05, 0.1) is 5.69 Å². The third-order valence-corrected chi connectivity index (χ3v) is 13.8. The van der Waals surface area contributed by atoms with Crippen molar-refractivity contribution in [1.82, 2.24) is 0 Å². The highest BCUT2D eigenvalue weighted by Gasteiger charge is 2.39. The molecule has 0 fully saturated rings. The molecule has 268 valence electrons. The Morgan fingerprint density at radius 3 is 1.86 bits per heavy atom. The first-order valence-corrected chi connectivity index (χ1v) is 20.5. The predicted molar refractivity (Wildman–Crippen MR) is 240 cm³/mol. The monoisotopic (exact) mass is 735 g/mol. The first-order valence-electron chi connectivity index (χ1n) is 19.7. The van der Waals surface area contributed by atoms with Crippen LogP contribution in [-0.2, 0) is 10.8 Å². The van der Waals surface area contributed by atoms with Crippen LogP contribution < -0.4 is 4.90 Å². The smallest absolute Gasteiger partial charge is 0.0543 e. The van der Waals surface area contributed by atoms with Crippen molar-refractivity contribution >= 4 is 48.6 Å². The largest absolute Gasteiger partial charge is 0.310 e. The van der Waals surface area contributed by atoms with E-state index in [2.05, 4.69) is 209 Å². The van der Waals surface area contributed by atoms with Crippen LogP contribution in [-0.4, -0.2) is 0 Å². The van der Waals surface area contributed by atoms with Crippen molar-refractivity contribution in [3.8, 4) is 44.5 Å². The molecule has 0 saturated carbocycles. The molecular formula is C54H41NS. The van der Waals surface area contributed by atoms with Gasteiger partial charge in [0.2, 0.25) is 0 Å². The van der Waals surface area contributed by atoms with Crippen molar-refractivity contribution in [1.29, 1.82) is 0 Å². The molecule has 11 rings (SSSR count). The van der Waals surface area contributed by atoms with Gasteiger partial charge < -0.3 is 4.90 Å². The van der Waals surface area contributed by atoms with Crippen LogP contribution in [0.3, 0.4) is 0 Å². The summed E-state index contributed by atoms with van der Waals surface area (Å²) >= 11 is 1.87. The predicted octanol–water partition coefficient (Wildman–Crippen LogP) is 15.5. The van der Waals surface area contributed by atoms with Crippen LogP contribution in [0.5, 0.6) is 0 Å². The molecule has 0 atom stereocenters. The van der Waals surface area contributed by atoms with E-state index < -0.39 is 0 Å². The van der Waals surface area contributed by atoms with Crippen LogP contribution in [0.1, 0.15) is 49.9 Å². The van der Waals surface area contributed by atoms with Gasteiger partial charge in [-0.2, -0.15) is 0 Å². The third-order valence-electron chi connectivity index (χ3n) is 12.7. The van der Waals surface area contributed by atoms with Crippen molar-refractivity contribution in [3.05, 3.63) is 198 Å². The van der Waals surface area contributed by atoms with E-state index in [-0.39, 0.29) is 10.8 Å². The molecule has 0 radical (unpaired) electrons. The lowest BCUT2D eigenvalue weighted by atomic mass is 9.79. The fourth-order valence-corrected chi connectivity index (χ4v) is 11.2. The van der Waals surface area contributed by atoms with E-state index in [1.54, 1.807) is 0 Å². The second kappa shape index (κ2) is 12.1. The quantitative estimate of drug-likeness (QED) is 0.170. The van der Waals surface area contributed by atoms with E-state index >= 15 is 0 Å². The Kier molecular flexibility index (Phi) is 7.18. The first kappa shape index (κ1) is 33.1. The van der Waals surface area contributed by atoms with Gasteiger partial charge >= 0.3 is 0 Å². The van der Waals surface area contributed by atoms with Gasteiger partial charge in [-0.15, -0.1) is 11.3 Å². The SMILES string of the molecule is CC1(C)c2ccccc2-c2c(N(c3ccc(-c4cccc5sc6ccccc6c45)cc3)c3cccc(-c4cccc5c4C(C)(C)c4ccccc4-5)c3)cccc21. The molecule has 56 heavy (non-hydrogen) atoms. The Morgan fingerprint density at radius 1 is 0.411 bits per heavy atom. The van der Waals surface area contributed by atoms with Gasteiger partial charge in [-0.1, -0.05) is 161 Å². The molecule has 2 aliphatic carbocycles. The standard InChI is InChI=1S/C54H41NS/c1-53(2)45-24-9-6-18-42(45)51-46(53)25-14-26-47(51)55(36-31-29-34(30-32-36)38-20-13-28-49-50(38)43-19-7-10-27-48(43)56-49)37-16-11-15-35(33-37)39-21-12-22-41-40-17-5-8-23-44(40)54(3,4)52(39)41/h5-33H,1-4H3. The highest BCUT2D eigenvalue weighted by atomic mass is 32.1. The second-order valence-electron chi connectivity index (χ2n) is 16.5. The first-order chi connectivity index (χ1) is 27.3. The van der Waals surface area contributed by atoms with E-state index in [4.69, 9.17) is 0 Å². The molecule has 0 N–H and O–H groups in total. The van der Waals surface area contributed by atoms with Crippen LogP contribution in [0.25, 0.3) is 64.7 Å². The van der Waals surface area contributed by atoms with Crippen LogP contribution in [0, 0.1) is 0 Å². The maximum absolute atomic E-state index is 2.49. The number of anilines is 3. The Hall–Kier alpha value is -6.22. The number of nitrogens with zero attached hydrogens (tertiary/aromatic N) is 1. The summed E-state index contributed by atoms with van der Waals surface area (Å²) < 4.78 is 2.65.